The first kappa shape index (κ1) is 14.7. The lowest BCUT2D eigenvalue weighted by Gasteiger charge is -2.38. The van der Waals surface area contributed by atoms with Crippen molar-refractivity contribution in [2.45, 2.75) is 27.2 Å². The van der Waals surface area contributed by atoms with Gasteiger partial charge in [0.15, 0.2) is 0 Å². The van der Waals surface area contributed by atoms with Gasteiger partial charge in [-0.1, -0.05) is 6.92 Å². The molecule has 1 aromatic heterocycles. The summed E-state index contributed by atoms with van der Waals surface area (Å²) in [6, 6.07) is 2.04. The van der Waals surface area contributed by atoms with E-state index in [1.165, 1.54) is 19.5 Å². The Hall–Kier alpha value is -1.20. The molecule has 5 nitrogen and oxygen atoms in total. The van der Waals surface area contributed by atoms with Crippen molar-refractivity contribution in [3.8, 4) is 0 Å². The van der Waals surface area contributed by atoms with Gasteiger partial charge in [0.05, 0.1) is 0 Å². The van der Waals surface area contributed by atoms with Crippen LogP contribution in [-0.2, 0) is 0 Å². The van der Waals surface area contributed by atoms with E-state index in [4.69, 9.17) is 0 Å². The standard InChI is InChI=1S/C16H27N5/c1-13-10-14(2)19-15(18-13)21-8-6-20(7-9-21)12-16(3)4-5-17-11-16/h10,17H,4-9,11-12H2,1-3H3. The molecule has 1 N–H and O–H groups in total. The topological polar surface area (TPSA) is 44.3 Å². The zero-order valence-electron chi connectivity index (χ0n) is 13.5. The lowest BCUT2D eigenvalue weighted by Crippen LogP contribution is -2.50. The van der Waals surface area contributed by atoms with Gasteiger partial charge in [-0.25, -0.2) is 9.97 Å². The molecule has 5 heteroatoms. The van der Waals surface area contributed by atoms with E-state index in [9.17, 15) is 0 Å². The number of hydrogen-bond donors (Lipinski definition) is 1. The molecule has 1 atom stereocenters. The molecule has 2 aliphatic heterocycles. The summed E-state index contributed by atoms with van der Waals surface area (Å²) < 4.78 is 0. The first-order chi connectivity index (χ1) is 10.0. The number of rotatable bonds is 3. The van der Waals surface area contributed by atoms with Crippen molar-refractivity contribution in [1.29, 1.82) is 0 Å². The highest BCUT2D eigenvalue weighted by molar-refractivity contribution is 5.32. The molecule has 0 amide bonds. The number of hydrogen-bond acceptors (Lipinski definition) is 5. The third-order valence-electron chi connectivity index (χ3n) is 4.69. The maximum Gasteiger partial charge on any atom is 0.225 e. The molecule has 3 rings (SSSR count). The smallest absolute Gasteiger partial charge is 0.225 e. The second-order valence-corrected chi connectivity index (χ2v) is 6.95. The monoisotopic (exact) mass is 289 g/mol. The summed E-state index contributed by atoms with van der Waals surface area (Å²) in [4.78, 5) is 14.1. The Kier molecular flexibility index (Phi) is 4.13. The molecule has 116 valence electrons. The third-order valence-corrected chi connectivity index (χ3v) is 4.69. The van der Waals surface area contributed by atoms with E-state index in [1.54, 1.807) is 0 Å². The highest BCUT2D eigenvalue weighted by atomic mass is 15.3. The van der Waals surface area contributed by atoms with E-state index in [0.29, 0.717) is 5.41 Å². The number of aromatic nitrogens is 2. The van der Waals surface area contributed by atoms with Gasteiger partial charge < -0.3 is 10.2 Å². The van der Waals surface area contributed by atoms with E-state index >= 15 is 0 Å². The Morgan fingerprint density at radius 3 is 2.38 bits per heavy atom. The maximum absolute atomic E-state index is 4.59. The molecule has 0 spiro atoms. The predicted molar refractivity (Wildman–Crippen MR) is 85.8 cm³/mol. The number of aryl methyl sites for hydroxylation is 2. The highest BCUT2D eigenvalue weighted by Crippen LogP contribution is 2.26. The molecule has 0 bridgehead atoms. The Labute approximate surface area is 127 Å². The fourth-order valence-electron chi connectivity index (χ4n) is 3.50. The normalized spacial score (nSPS) is 27.3. The van der Waals surface area contributed by atoms with Crippen LogP contribution < -0.4 is 10.2 Å². The maximum atomic E-state index is 4.59. The molecular formula is C16H27N5. The zero-order chi connectivity index (χ0) is 14.9. The van der Waals surface area contributed by atoms with Crippen LogP contribution in [0.25, 0.3) is 0 Å². The van der Waals surface area contributed by atoms with Crippen LogP contribution >= 0.6 is 0 Å². The van der Waals surface area contributed by atoms with Crippen molar-refractivity contribution < 1.29 is 0 Å². The fraction of sp³-hybridized carbons (Fsp3) is 0.750. The van der Waals surface area contributed by atoms with Crippen molar-refractivity contribution in [2.75, 3.05) is 50.7 Å². The molecule has 21 heavy (non-hydrogen) atoms. The van der Waals surface area contributed by atoms with Crippen LogP contribution in [-0.4, -0.2) is 60.7 Å². The van der Waals surface area contributed by atoms with Gasteiger partial charge in [-0.05, 0) is 38.3 Å². The zero-order valence-corrected chi connectivity index (χ0v) is 13.5. The van der Waals surface area contributed by atoms with Crippen LogP contribution in [0.15, 0.2) is 6.07 Å². The quantitative estimate of drug-likeness (QED) is 0.906. The van der Waals surface area contributed by atoms with Crippen molar-refractivity contribution >= 4 is 5.95 Å². The Morgan fingerprint density at radius 1 is 1.14 bits per heavy atom. The van der Waals surface area contributed by atoms with Gasteiger partial charge >= 0.3 is 0 Å². The van der Waals surface area contributed by atoms with E-state index in [1.807, 2.05) is 19.9 Å². The van der Waals surface area contributed by atoms with Crippen molar-refractivity contribution in [3.05, 3.63) is 17.5 Å². The molecule has 0 saturated carbocycles. The summed E-state index contributed by atoms with van der Waals surface area (Å²) in [5, 5.41) is 3.49. The minimum absolute atomic E-state index is 0.457. The molecule has 0 aromatic carbocycles. The van der Waals surface area contributed by atoms with Crippen LogP contribution in [0.4, 0.5) is 5.95 Å². The Morgan fingerprint density at radius 2 is 1.81 bits per heavy atom. The molecule has 2 aliphatic rings. The predicted octanol–water partition coefficient (Wildman–Crippen LogP) is 1.22. The third kappa shape index (κ3) is 3.52. The van der Waals surface area contributed by atoms with Crippen LogP contribution in [0.3, 0.4) is 0 Å². The minimum Gasteiger partial charge on any atom is -0.338 e. The van der Waals surface area contributed by atoms with Crippen LogP contribution in [0.1, 0.15) is 24.7 Å². The lowest BCUT2D eigenvalue weighted by atomic mass is 9.89. The number of nitrogens with zero attached hydrogens (tertiary/aromatic N) is 4. The molecule has 1 aromatic rings. The van der Waals surface area contributed by atoms with Gasteiger partial charge in [0, 0.05) is 50.7 Å². The van der Waals surface area contributed by atoms with Gasteiger partial charge in [-0.2, -0.15) is 0 Å². The van der Waals surface area contributed by atoms with E-state index < -0.39 is 0 Å². The summed E-state index contributed by atoms with van der Waals surface area (Å²) in [5.41, 5.74) is 2.58. The van der Waals surface area contributed by atoms with Gasteiger partial charge in [0.2, 0.25) is 5.95 Å². The largest absolute Gasteiger partial charge is 0.338 e. The van der Waals surface area contributed by atoms with Gasteiger partial charge in [-0.15, -0.1) is 0 Å². The summed E-state index contributed by atoms with van der Waals surface area (Å²) in [6.07, 6.45) is 1.30. The van der Waals surface area contributed by atoms with Crippen LogP contribution in [0, 0.1) is 19.3 Å². The van der Waals surface area contributed by atoms with Crippen molar-refractivity contribution in [2.24, 2.45) is 5.41 Å². The fourth-order valence-corrected chi connectivity index (χ4v) is 3.50. The summed E-state index contributed by atoms with van der Waals surface area (Å²) in [5.74, 6) is 0.904. The van der Waals surface area contributed by atoms with Crippen molar-refractivity contribution in [3.63, 3.8) is 0 Å². The highest BCUT2D eigenvalue weighted by Gasteiger charge is 2.32. The Bertz CT molecular complexity index is 467. The molecule has 2 fully saturated rings. The molecule has 0 radical (unpaired) electrons. The van der Waals surface area contributed by atoms with Crippen LogP contribution in [0.5, 0.6) is 0 Å². The van der Waals surface area contributed by atoms with E-state index in [-0.39, 0.29) is 0 Å². The lowest BCUT2D eigenvalue weighted by molar-refractivity contribution is 0.169. The first-order valence-electron chi connectivity index (χ1n) is 8.04. The van der Waals surface area contributed by atoms with Crippen LogP contribution in [0.2, 0.25) is 0 Å². The molecule has 3 heterocycles. The minimum atomic E-state index is 0.457. The van der Waals surface area contributed by atoms with E-state index in [2.05, 4.69) is 32.0 Å². The second-order valence-electron chi connectivity index (χ2n) is 6.95. The summed E-state index contributed by atoms with van der Waals surface area (Å²) in [7, 11) is 0. The average molecular weight is 289 g/mol. The molecular weight excluding hydrogens is 262 g/mol. The SMILES string of the molecule is Cc1cc(C)nc(N2CCN(CC3(C)CCNC3)CC2)n1. The first-order valence-corrected chi connectivity index (χ1v) is 8.04. The Balaban J connectivity index is 1.57. The second kappa shape index (κ2) is 5.89. The molecule has 1 unspecified atom stereocenters. The molecule has 2 saturated heterocycles. The van der Waals surface area contributed by atoms with Gasteiger partial charge in [-0.3, -0.25) is 4.90 Å². The summed E-state index contributed by atoms with van der Waals surface area (Å²) >= 11 is 0. The average Bonchev–Trinajstić information content (AvgIpc) is 2.85. The van der Waals surface area contributed by atoms with E-state index in [0.717, 1.165) is 50.1 Å². The number of anilines is 1. The van der Waals surface area contributed by atoms with Gasteiger partial charge in [0.1, 0.15) is 0 Å². The van der Waals surface area contributed by atoms with Crippen molar-refractivity contribution in [1.82, 2.24) is 20.2 Å². The summed E-state index contributed by atoms with van der Waals surface area (Å²) in [6.45, 7) is 14.3. The molecule has 0 aliphatic carbocycles. The van der Waals surface area contributed by atoms with Gasteiger partial charge in [0.25, 0.3) is 0 Å². The number of piperazine rings is 1. The number of nitrogens with one attached hydrogen (secondary N) is 1.